The molecule has 174 valence electrons. The van der Waals surface area contributed by atoms with Crippen LogP contribution in [0.5, 0.6) is 5.75 Å². The first-order valence-corrected chi connectivity index (χ1v) is 11.8. The van der Waals surface area contributed by atoms with Gasteiger partial charge >= 0.3 is 0 Å². The number of hydrogen-bond acceptors (Lipinski definition) is 3. The Bertz CT molecular complexity index is 1360. The zero-order valence-electron chi connectivity index (χ0n) is 17.4. The first-order valence-electron chi connectivity index (χ1n) is 9.93. The Labute approximate surface area is 221 Å². The summed E-state index contributed by atoms with van der Waals surface area (Å²) in [6.07, 6.45) is 1.61. The molecule has 10 heteroatoms. The number of hydrogen-bond donors (Lipinski definition) is 1. The Kier molecular flexibility index (Phi) is 7.91. The van der Waals surface area contributed by atoms with Gasteiger partial charge in [-0.2, -0.15) is 5.10 Å². The predicted octanol–water partition coefficient (Wildman–Crippen LogP) is 8.03. The molecule has 0 aliphatic carbocycles. The van der Waals surface area contributed by atoms with Gasteiger partial charge in [-0.05, 0) is 53.6 Å². The zero-order chi connectivity index (χ0) is 24.2. The summed E-state index contributed by atoms with van der Waals surface area (Å²) >= 11 is 30.5. The number of halogens is 5. The van der Waals surface area contributed by atoms with Gasteiger partial charge in [0.05, 0.1) is 11.6 Å². The molecule has 0 saturated carbocycles. The van der Waals surface area contributed by atoms with Crippen LogP contribution in [-0.4, -0.2) is 15.7 Å². The van der Waals surface area contributed by atoms with Crippen LogP contribution in [0.3, 0.4) is 0 Å². The molecule has 0 aliphatic heterocycles. The van der Waals surface area contributed by atoms with Crippen molar-refractivity contribution < 1.29 is 9.53 Å². The highest BCUT2D eigenvalue weighted by Crippen LogP contribution is 2.28. The van der Waals surface area contributed by atoms with Crippen molar-refractivity contribution >= 4 is 69.7 Å². The average molecular weight is 556 g/mol. The van der Waals surface area contributed by atoms with Gasteiger partial charge in [-0.25, -0.2) is 0 Å². The molecule has 1 N–H and O–H groups in total. The van der Waals surface area contributed by atoms with Crippen LogP contribution in [0.1, 0.15) is 21.5 Å². The van der Waals surface area contributed by atoms with Crippen LogP contribution >= 0.6 is 58.0 Å². The minimum absolute atomic E-state index is 0.222. The Morgan fingerprint density at radius 2 is 1.62 bits per heavy atom. The molecule has 4 aromatic rings. The van der Waals surface area contributed by atoms with E-state index in [9.17, 15) is 4.79 Å². The highest BCUT2D eigenvalue weighted by Gasteiger charge is 2.14. The Morgan fingerprint density at radius 1 is 0.882 bits per heavy atom. The molecule has 0 atom stereocenters. The van der Waals surface area contributed by atoms with Crippen LogP contribution in [0.4, 0.5) is 5.82 Å². The third-order valence-corrected chi connectivity index (χ3v) is 6.17. The van der Waals surface area contributed by atoms with E-state index < -0.39 is 0 Å². The Morgan fingerprint density at radius 3 is 2.35 bits per heavy atom. The molecule has 0 unspecified atom stereocenters. The minimum atomic E-state index is -0.358. The zero-order valence-corrected chi connectivity index (χ0v) is 21.1. The third kappa shape index (κ3) is 6.17. The summed E-state index contributed by atoms with van der Waals surface area (Å²) in [6, 6.07) is 17.2. The fourth-order valence-corrected chi connectivity index (χ4v) is 4.25. The van der Waals surface area contributed by atoms with E-state index in [1.165, 1.54) is 0 Å². The number of aromatic nitrogens is 2. The first-order chi connectivity index (χ1) is 16.3. The number of carbonyl (C=O) groups excluding carboxylic acids is 1. The maximum Gasteiger partial charge on any atom is 0.256 e. The smallest absolute Gasteiger partial charge is 0.256 e. The summed E-state index contributed by atoms with van der Waals surface area (Å²) in [7, 11) is 0. The van der Waals surface area contributed by atoms with Gasteiger partial charge in [0.2, 0.25) is 0 Å². The minimum Gasteiger partial charge on any atom is -0.487 e. The molecule has 0 saturated heterocycles. The van der Waals surface area contributed by atoms with E-state index in [1.54, 1.807) is 59.4 Å². The van der Waals surface area contributed by atoms with Crippen molar-refractivity contribution in [2.45, 2.75) is 13.2 Å². The van der Waals surface area contributed by atoms with Gasteiger partial charge in [0.1, 0.15) is 17.4 Å². The van der Waals surface area contributed by atoms with E-state index in [4.69, 9.17) is 62.7 Å². The SMILES string of the molecule is O=C(Nc1nn(Cc2ccc(Cl)cc2Cl)cc1Cl)c1cccc(COc2ccc(Cl)cc2Cl)c1. The Hall–Kier alpha value is -2.41. The maximum absolute atomic E-state index is 12.8. The Balaban J connectivity index is 1.42. The predicted molar refractivity (Wildman–Crippen MR) is 138 cm³/mol. The number of nitrogens with zero attached hydrogens (tertiary/aromatic N) is 2. The molecule has 34 heavy (non-hydrogen) atoms. The van der Waals surface area contributed by atoms with Crippen LogP contribution in [-0.2, 0) is 13.2 Å². The van der Waals surface area contributed by atoms with Crippen molar-refractivity contribution in [1.82, 2.24) is 9.78 Å². The molecule has 0 fully saturated rings. The quantitative estimate of drug-likeness (QED) is 0.251. The van der Waals surface area contributed by atoms with E-state index >= 15 is 0 Å². The summed E-state index contributed by atoms with van der Waals surface area (Å²) in [6.45, 7) is 0.589. The van der Waals surface area contributed by atoms with E-state index in [0.29, 0.717) is 43.0 Å². The molecule has 0 radical (unpaired) electrons. The van der Waals surface area contributed by atoms with Crippen LogP contribution in [0.2, 0.25) is 25.1 Å². The van der Waals surface area contributed by atoms with Crippen molar-refractivity contribution in [3.05, 3.63) is 109 Å². The highest BCUT2D eigenvalue weighted by molar-refractivity contribution is 6.36. The summed E-state index contributed by atoms with van der Waals surface area (Å²) in [5.74, 6) is 0.383. The van der Waals surface area contributed by atoms with Gasteiger partial charge in [0.15, 0.2) is 5.82 Å². The largest absolute Gasteiger partial charge is 0.487 e. The number of benzene rings is 3. The summed E-state index contributed by atoms with van der Waals surface area (Å²) in [5.41, 5.74) is 2.03. The van der Waals surface area contributed by atoms with Gasteiger partial charge in [-0.3, -0.25) is 9.48 Å². The molecule has 0 spiro atoms. The molecular formula is C24H16Cl5N3O2. The number of ether oxygens (including phenoxy) is 1. The van der Waals surface area contributed by atoms with Crippen LogP contribution in [0, 0.1) is 0 Å². The van der Waals surface area contributed by atoms with Crippen LogP contribution in [0.15, 0.2) is 66.9 Å². The standard InChI is InChI=1S/C24H16Cl5N3O2/c25-17-5-4-16(19(27)9-17)11-32-12-21(29)23(31-32)30-24(33)15-3-1-2-14(8-15)13-34-22-7-6-18(26)10-20(22)28/h1-10,12H,11,13H2,(H,30,31,33). The lowest BCUT2D eigenvalue weighted by atomic mass is 10.1. The second kappa shape index (κ2) is 10.9. The van der Waals surface area contributed by atoms with Crippen molar-refractivity contribution in [3.63, 3.8) is 0 Å². The third-order valence-electron chi connectivity index (χ3n) is 4.77. The van der Waals surface area contributed by atoms with Gasteiger partial charge in [-0.1, -0.05) is 76.2 Å². The van der Waals surface area contributed by atoms with Crippen molar-refractivity contribution in [2.24, 2.45) is 0 Å². The normalized spacial score (nSPS) is 10.9. The average Bonchev–Trinajstić information content (AvgIpc) is 3.14. The van der Waals surface area contributed by atoms with E-state index in [2.05, 4.69) is 10.4 Å². The molecule has 1 heterocycles. The van der Waals surface area contributed by atoms with Crippen LogP contribution < -0.4 is 10.1 Å². The second-order valence-corrected chi connectivity index (χ2v) is 9.37. The lowest BCUT2D eigenvalue weighted by Gasteiger charge is -2.10. The molecule has 3 aromatic carbocycles. The molecular weight excluding hydrogens is 540 g/mol. The number of carbonyl (C=O) groups is 1. The molecule has 1 amide bonds. The maximum atomic E-state index is 12.8. The van der Waals surface area contributed by atoms with Gasteiger partial charge < -0.3 is 10.1 Å². The van der Waals surface area contributed by atoms with Gasteiger partial charge in [0, 0.05) is 26.8 Å². The molecule has 0 bridgehead atoms. The topological polar surface area (TPSA) is 56.2 Å². The van der Waals surface area contributed by atoms with E-state index in [-0.39, 0.29) is 18.3 Å². The van der Waals surface area contributed by atoms with Crippen molar-refractivity contribution in [1.29, 1.82) is 0 Å². The molecule has 5 nitrogen and oxygen atoms in total. The van der Waals surface area contributed by atoms with Crippen molar-refractivity contribution in [3.8, 4) is 5.75 Å². The number of rotatable bonds is 7. The fourth-order valence-electron chi connectivity index (χ4n) is 3.12. The van der Waals surface area contributed by atoms with Gasteiger partial charge in [-0.15, -0.1) is 0 Å². The summed E-state index contributed by atoms with van der Waals surface area (Å²) in [4.78, 5) is 12.8. The monoisotopic (exact) mass is 553 g/mol. The van der Waals surface area contributed by atoms with Crippen molar-refractivity contribution in [2.75, 3.05) is 5.32 Å². The lowest BCUT2D eigenvalue weighted by molar-refractivity contribution is 0.102. The van der Waals surface area contributed by atoms with Crippen LogP contribution in [0.25, 0.3) is 0 Å². The number of amides is 1. The lowest BCUT2D eigenvalue weighted by Crippen LogP contribution is -2.13. The first kappa shape index (κ1) is 24.7. The van der Waals surface area contributed by atoms with Gasteiger partial charge in [0.25, 0.3) is 5.91 Å². The van der Waals surface area contributed by atoms with E-state index in [0.717, 1.165) is 11.1 Å². The fraction of sp³-hybridized carbons (Fsp3) is 0.0833. The second-order valence-electron chi connectivity index (χ2n) is 7.28. The van der Waals surface area contributed by atoms with E-state index in [1.807, 2.05) is 12.1 Å². The highest BCUT2D eigenvalue weighted by atomic mass is 35.5. The number of nitrogens with one attached hydrogen (secondary N) is 1. The number of anilines is 1. The molecule has 4 rings (SSSR count). The molecule has 0 aliphatic rings. The summed E-state index contributed by atoms with van der Waals surface area (Å²) in [5, 5.41) is 9.39. The summed E-state index contributed by atoms with van der Waals surface area (Å²) < 4.78 is 7.34. The molecule has 1 aromatic heterocycles.